The Morgan fingerprint density at radius 2 is 2.11 bits per heavy atom. The molecule has 2 heteroatoms. The van der Waals surface area contributed by atoms with Crippen molar-refractivity contribution in [3.8, 4) is 0 Å². The number of rotatable bonds is 5. The van der Waals surface area contributed by atoms with Crippen molar-refractivity contribution < 1.29 is 4.74 Å². The summed E-state index contributed by atoms with van der Waals surface area (Å²) < 4.78 is 4.96. The smallest absolute Gasteiger partial charge is 0.0995 e. The lowest BCUT2D eigenvalue weighted by molar-refractivity contribution is 0.165. The minimum atomic E-state index is 0.150. The average molecular weight is 148 g/mol. The van der Waals surface area contributed by atoms with Crippen molar-refractivity contribution in [3.05, 3.63) is 0 Å². The molecule has 0 spiro atoms. The van der Waals surface area contributed by atoms with Gasteiger partial charge in [-0.25, -0.2) is 0 Å². The fourth-order valence-corrected chi connectivity index (χ4v) is 0.869. The Hall–Kier alpha value is 0.310. The minimum absolute atomic E-state index is 0.150. The molecule has 0 aromatic carbocycles. The van der Waals surface area contributed by atoms with Crippen LogP contribution in [0.5, 0.6) is 0 Å². The lowest BCUT2D eigenvalue weighted by atomic mass is 10.2. The molecule has 0 saturated heterocycles. The zero-order valence-corrected chi connectivity index (χ0v) is 7.16. The highest BCUT2D eigenvalue weighted by Crippen LogP contribution is 2.07. The molecule has 0 saturated carbocycles. The van der Waals surface area contributed by atoms with Gasteiger partial charge < -0.3 is 4.74 Å². The van der Waals surface area contributed by atoms with Gasteiger partial charge in [-0.2, -0.15) is 0 Å². The number of hydrogen-bond acceptors (Lipinski definition) is 2. The van der Waals surface area contributed by atoms with Gasteiger partial charge in [0, 0.05) is 7.11 Å². The molecule has 0 bridgehead atoms. The third-order valence-electron chi connectivity index (χ3n) is 1.33. The van der Waals surface area contributed by atoms with E-state index in [-0.39, 0.29) is 5.44 Å². The number of unbranched alkanes of at least 4 members (excludes halogenated alkanes) is 2. The summed E-state index contributed by atoms with van der Waals surface area (Å²) in [6, 6.07) is 0. The van der Waals surface area contributed by atoms with E-state index in [1.165, 1.54) is 19.3 Å². The number of methoxy groups -OCH3 is 1. The van der Waals surface area contributed by atoms with Gasteiger partial charge in [0.25, 0.3) is 0 Å². The molecule has 0 aromatic heterocycles. The summed E-state index contributed by atoms with van der Waals surface area (Å²) in [5.41, 5.74) is 0.150. The van der Waals surface area contributed by atoms with Crippen molar-refractivity contribution in [3.63, 3.8) is 0 Å². The molecule has 0 fully saturated rings. The molecule has 0 N–H and O–H groups in total. The maximum Gasteiger partial charge on any atom is 0.0995 e. The predicted molar refractivity (Wildman–Crippen MR) is 43.9 cm³/mol. The van der Waals surface area contributed by atoms with E-state index in [0.717, 1.165) is 6.42 Å². The maximum atomic E-state index is 4.96. The first-order valence-electron chi connectivity index (χ1n) is 3.52. The Kier molecular flexibility index (Phi) is 6.65. The first kappa shape index (κ1) is 9.31. The first-order chi connectivity index (χ1) is 4.31. The van der Waals surface area contributed by atoms with Crippen LogP contribution in [0.3, 0.4) is 0 Å². The molecule has 0 radical (unpaired) electrons. The summed E-state index contributed by atoms with van der Waals surface area (Å²) in [4.78, 5) is 0. The van der Waals surface area contributed by atoms with Crippen LogP contribution in [0.15, 0.2) is 0 Å². The highest BCUT2D eigenvalue weighted by Gasteiger charge is 1.97. The molecule has 1 atom stereocenters. The van der Waals surface area contributed by atoms with Gasteiger partial charge in [0.15, 0.2) is 0 Å². The molecule has 1 unspecified atom stereocenters. The van der Waals surface area contributed by atoms with Crippen LogP contribution < -0.4 is 0 Å². The SMILES string of the molecule is CCCCCC(S)OC. The minimum Gasteiger partial charge on any atom is -0.371 e. The highest BCUT2D eigenvalue weighted by atomic mass is 32.1. The van der Waals surface area contributed by atoms with E-state index in [9.17, 15) is 0 Å². The normalized spacial score (nSPS) is 13.7. The van der Waals surface area contributed by atoms with Crippen LogP contribution in [-0.2, 0) is 4.74 Å². The quantitative estimate of drug-likeness (QED) is 0.358. The third-order valence-corrected chi connectivity index (χ3v) is 1.80. The highest BCUT2D eigenvalue weighted by molar-refractivity contribution is 7.80. The molecule has 0 aliphatic heterocycles. The molecular formula is C7H16OS. The van der Waals surface area contributed by atoms with Crippen LogP contribution in [0, 0.1) is 0 Å². The van der Waals surface area contributed by atoms with E-state index in [2.05, 4.69) is 19.6 Å². The van der Waals surface area contributed by atoms with Gasteiger partial charge in [-0.15, -0.1) is 12.6 Å². The van der Waals surface area contributed by atoms with Crippen molar-refractivity contribution in [1.82, 2.24) is 0 Å². The Morgan fingerprint density at radius 1 is 1.44 bits per heavy atom. The largest absolute Gasteiger partial charge is 0.371 e. The Morgan fingerprint density at radius 3 is 2.56 bits per heavy atom. The van der Waals surface area contributed by atoms with Gasteiger partial charge in [-0.3, -0.25) is 0 Å². The second-order valence-electron chi connectivity index (χ2n) is 2.19. The average Bonchev–Trinajstić information content (AvgIpc) is 1.89. The molecule has 56 valence electrons. The van der Waals surface area contributed by atoms with Gasteiger partial charge in [0.2, 0.25) is 0 Å². The summed E-state index contributed by atoms with van der Waals surface area (Å²) in [6.07, 6.45) is 4.87. The zero-order chi connectivity index (χ0) is 7.11. The molecule has 1 nitrogen and oxygen atoms in total. The van der Waals surface area contributed by atoms with E-state index < -0.39 is 0 Å². The van der Waals surface area contributed by atoms with E-state index in [1.807, 2.05) is 0 Å². The van der Waals surface area contributed by atoms with E-state index in [0.29, 0.717) is 0 Å². The van der Waals surface area contributed by atoms with Gasteiger partial charge >= 0.3 is 0 Å². The molecule has 0 amide bonds. The maximum absolute atomic E-state index is 4.96. The monoisotopic (exact) mass is 148 g/mol. The summed E-state index contributed by atoms with van der Waals surface area (Å²) >= 11 is 4.18. The first-order valence-corrected chi connectivity index (χ1v) is 4.03. The molecule has 0 aliphatic rings. The van der Waals surface area contributed by atoms with Gasteiger partial charge in [-0.05, 0) is 6.42 Å². The summed E-state index contributed by atoms with van der Waals surface area (Å²) in [6.45, 7) is 2.19. The molecule has 0 heterocycles. The lowest BCUT2D eigenvalue weighted by Gasteiger charge is -2.06. The van der Waals surface area contributed by atoms with Crippen molar-refractivity contribution in [2.75, 3.05) is 7.11 Å². The zero-order valence-electron chi connectivity index (χ0n) is 6.26. The molecule has 0 aromatic rings. The van der Waals surface area contributed by atoms with Crippen molar-refractivity contribution >= 4 is 12.6 Å². The Labute approximate surface area is 63.2 Å². The number of thiol groups is 1. The molecule has 0 rings (SSSR count). The lowest BCUT2D eigenvalue weighted by Crippen LogP contribution is -1.99. The second-order valence-corrected chi connectivity index (χ2v) is 2.76. The van der Waals surface area contributed by atoms with Gasteiger partial charge in [0.05, 0.1) is 5.44 Å². The summed E-state index contributed by atoms with van der Waals surface area (Å²) in [7, 11) is 1.70. The fraction of sp³-hybridized carbons (Fsp3) is 1.00. The fourth-order valence-electron chi connectivity index (χ4n) is 0.687. The number of ether oxygens (including phenoxy) is 1. The molecular weight excluding hydrogens is 132 g/mol. The van der Waals surface area contributed by atoms with E-state index >= 15 is 0 Å². The van der Waals surface area contributed by atoms with Gasteiger partial charge in [0.1, 0.15) is 0 Å². The van der Waals surface area contributed by atoms with Gasteiger partial charge in [-0.1, -0.05) is 26.2 Å². The van der Waals surface area contributed by atoms with Crippen LogP contribution in [0.1, 0.15) is 32.6 Å². The van der Waals surface area contributed by atoms with Crippen LogP contribution >= 0.6 is 12.6 Å². The van der Waals surface area contributed by atoms with Crippen LogP contribution in [-0.4, -0.2) is 12.5 Å². The topological polar surface area (TPSA) is 9.23 Å². The second kappa shape index (κ2) is 6.43. The van der Waals surface area contributed by atoms with Crippen LogP contribution in [0.4, 0.5) is 0 Å². The van der Waals surface area contributed by atoms with Crippen LogP contribution in [0.25, 0.3) is 0 Å². The Balaban J connectivity index is 2.88. The van der Waals surface area contributed by atoms with E-state index in [1.54, 1.807) is 7.11 Å². The Bertz CT molecular complexity index is 56.9. The molecule has 9 heavy (non-hydrogen) atoms. The third kappa shape index (κ3) is 6.19. The standard InChI is InChI=1S/C7H16OS/c1-3-4-5-6-7(9)8-2/h7,9H,3-6H2,1-2H3. The molecule has 0 aliphatic carbocycles. The summed E-state index contributed by atoms with van der Waals surface area (Å²) in [5, 5.41) is 0. The van der Waals surface area contributed by atoms with E-state index in [4.69, 9.17) is 4.74 Å². The summed E-state index contributed by atoms with van der Waals surface area (Å²) in [5.74, 6) is 0. The van der Waals surface area contributed by atoms with Crippen molar-refractivity contribution in [2.24, 2.45) is 0 Å². The van der Waals surface area contributed by atoms with Crippen molar-refractivity contribution in [2.45, 2.75) is 38.0 Å². The predicted octanol–water partition coefficient (Wildman–Crippen LogP) is 2.47. The van der Waals surface area contributed by atoms with Crippen molar-refractivity contribution in [1.29, 1.82) is 0 Å². The van der Waals surface area contributed by atoms with Crippen LogP contribution in [0.2, 0.25) is 0 Å². The number of hydrogen-bond donors (Lipinski definition) is 1.